The van der Waals surface area contributed by atoms with E-state index in [1.165, 1.54) is 12.1 Å². The van der Waals surface area contributed by atoms with E-state index >= 15 is 0 Å². The lowest BCUT2D eigenvalue weighted by atomic mass is 10.2. The number of nitrogens with one attached hydrogen (secondary N) is 1. The molecule has 0 radical (unpaired) electrons. The van der Waals surface area contributed by atoms with Crippen LogP contribution in [-0.2, 0) is 6.54 Å². The zero-order valence-electron chi connectivity index (χ0n) is 10.7. The Hall–Kier alpha value is -1.72. The smallest absolute Gasteiger partial charge is 0.225 e. The highest BCUT2D eigenvalue weighted by molar-refractivity contribution is 7.18. The van der Waals surface area contributed by atoms with Gasteiger partial charge in [0.2, 0.25) is 5.28 Å². The second kappa shape index (κ2) is 5.34. The monoisotopic (exact) mass is 307 g/mol. The fraction of sp³-hybridized carbons (Fsp3) is 0.143. The summed E-state index contributed by atoms with van der Waals surface area (Å²) in [5, 5.41) is 4.41. The largest absolute Gasteiger partial charge is 0.365 e. The Morgan fingerprint density at radius 2 is 2.00 bits per heavy atom. The van der Waals surface area contributed by atoms with Gasteiger partial charge in [0, 0.05) is 11.4 Å². The Balaban J connectivity index is 1.88. The molecule has 0 spiro atoms. The highest BCUT2D eigenvalue weighted by Gasteiger charge is 2.09. The van der Waals surface area contributed by atoms with Crippen LogP contribution in [0.5, 0.6) is 0 Å². The van der Waals surface area contributed by atoms with Crippen molar-refractivity contribution in [1.82, 2.24) is 9.97 Å². The summed E-state index contributed by atoms with van der Waals surface area (Å²) < 4.78 is 12.9. The molecule has 0 aliphatic heterocycles. The van der Waals surface area contributed by atoms with Gasteiger partial charge in [-0.2, -0.15) is 0 Å². The number of rotatable bonds is 3. The van der Waals surface area contributed by atoms with Gasteiger partial charge in [0.1, 0.15) is 16.5 Å². The fourth-order valence-electron chi connectivity index (χ4n) is 1.94. The maximum Gasteiger partial charge on any atom is 0.225 e. The van der Waals surface area contributed by atoms with Crippen molar-refractivity contribution in [3.05, 3.63) is 51.9 Å². The van der Waals surface area contributed by atoms with Crippen LogP contribution in [0, 0.1) is 12.7 Å². The Morgan fingerprint density at radius 1 is 1.25 bits per heavy atom. The summed E-state index contributed by atoms with van der Waals surface area (Å²) in [6, 6.07) is 8.38. The number of anilines is 1. The number of halogens is 2. The average molecular weight is 308 g/mol. The third kappa shape index (κ3) is 2.73. The number of hydrogen-bond acceptors (Lipinski definition) is 4. The van der Waals surface area contributed by atoms with Crippen LogP contribution in [0.2, 0.25) is 5.28 Å². The van der Waals surface area contributed by atoms with Crippen LogP contribution in [0.4, 0.5) is 10.2 Å². The Kier molecular flexibility index (Phi) is 3.54. The molecule has 0 fully saturated rings. The second-order valence-electron chi connectivity index (χ2n) is 4.40. The van der Waals surface area contributed by atoms with Crippen LogP contribution >= 0.6 is 22.9 Å². The molecule has 0 atom stereocenters. The standard InChI is InChI=1S/C14H11ClFN3S/c1-8-6-11-12(18-14(15)19-13(11)20-8)17-7-9-2-4-10(16)5-3-9/h2-6H,7H2,1H3,(H,17,18,19). The predicted molar refractivity (Wildman–Crippen MR) is 80.9 cm³/mol. The second-order valence-corrected chi connectivity index (χ2v) is 5.97. The predicted octanol–water partition coefficient (Wildman–Crippen LogP) is 4.40. The molecule has 1 N–H and O–H groups in total. The number of nitrogens with zero attached hydrogens (tertiary/aromatic N) is 2. The molecule has 0 aliphatic carbocycles. The zero-order chi connectivity index (χ0) is 14.1. The number of aromatic nitrogens is 2. The van der Waals surface area contributed by atoms with Crippen LogP contribution in [0.25, 0.3) is 10.2 Å². The van der Waals surface area contributed by atoms with Crippen molar-refractivity contribution >= 4 is 39.0 Å². The number of aryl methyl sites for hydroxylation is 1. The molecular formula is C14H11ClFN3S. The van der Waals surface area contributed by atoms with Crippen molar-refractivity contribution in [2.24, 2.45) is 0 Å². The molecule has 20 heavy (non-hydrogen) atoms. The third-order valence-electron chi connectivity index (χ3n) is 2.86. The van der Waals surface area contributed by atoms with Crippen molar-refractivity contribution in [3.63, 3.8) is 0 Å². The Labute approximate surface area is 124 Å². The zero-order valence-corrected chi connectivity index (χ0v) is 12.2. The van der Waals surface area contributed by atoms with Gasteiger partial charge in [-0.25, -0.2) is 14.4 Å². The van der Waals surface area contributed by atoms with Gasteiger partial charge >= 0.3 is 0 Å². The van der Waals surface area contributed by atoms with E-state index in [9.17, 15) is 4.39 Å². The van der Waals surface area contributed by atoms with E-state index in [0.717, 1.165) is 20.7 Å². The van der Waals surface area contributed by atoms with E-state index in [1.807, 2.05) is 13.0 Å². The van der Waals surface area contributed by atoms with E-state index in [-0.39, 0.29) is 11.1 Å². The minimum absolute atomic E-state index is 0.223. The molecule has 3 rings (SSSR count). The van der Waals surface area contributed by atoms with Crippen molar-refractivity contribution in [3.8, 4) is 0 Å². The van der Waals surface area contributed by atoms with Crippen LogP contribution in [0.15, 0.2) is 30.3 Å². The molecule has 0 saturated heterocycles. The minimum Gasteiger partial charge on any atom is -0.365 e. The summed E-state index contributed by atoms with van der Waals surface area (Å²) >= 11 is 7.51. The van der Waals surface area contributed by atoms with E-state index in [4.69, 9.17) is 11.6 Å². The molecule has 0 aliphatic rings. The number of benzene rings is 1. The minimum atomic E-state index is -0.241. The number of fused-ring (bicyclic) bond motifs is 1. The maximum atomic E-state index is 12.9. The van der Waals surface area contributed by atoms with Crippen molar-refractivity contribution < 1.29 is 4.39 Å². The highest BCUT2D eigenvalue weighted by atomic mass is 35.5. The lowest BCUT2D eigenvalue weighted by Crippen LogP contribution is -2.02. The molecule has 0 saturated carbocycles. The Bertz CT molecular complexity index is 755. The van der Waals surface area contributed by atoms with Gasteiger partial charge in [0.15, 0.2) is 0 Å². The molecule has 0 unspecified atom stereocenters. The van der Waals surface area contributed by atoms with Gasteiger partial charge in [-0.15, -0.1) is 11.3 Å². The molecule has 3 aromatic rings. The highest BCUT2D eigenvalue weighted by Crippen LogP contribution is 2.29. The number of thiophene rings is 1. The summed E-state index contributed by atoms with van der Waals surface area (Å²) in [7, 11) is 0. The molecule has 0 bridgehead atoms. The lowest BCUT2D eigenvalue weighted by molar-refractivity contribution is 0.627. The van der Waals surface area contributed by atoms with E-state index in [0.29, 0.717) is 12.4 Å². The van der Waals surface area contributed by atoms with Crippen LogP contribution in [-0.4, -0.2) is 9.97 Å². The summed E-state index contributed by atoms with van der Waals surface area (Å²) in [5.74, 6) is 0.461. The van der Waals surface area contributed by atoms with Gasteiger partial charge < -0.3 is 5.32 Å². The topological polar surface area (TPSA) is 37.8 Å². The molecule has 0 amide bonds. The SMILES string of the molecule is Cc1cc2c(NCc3ccc(F)cc3)nc(Cl)nc2s1. The van der Waals surface area contributed by atoms with Crippen LogP contribution < -0.4 is 5.32 Å². The van der Waals surface area contributed by atoms with Gasteiger partial charge in [0.25, 0.3) is 0 Å². The summed E-state index contributed by atoms with van der Waals surface area (Å²) in [6.07, 6.45) is 0. The first kappa shape index (κ1) is 13.3. The first-order valence-corrected chi connectivity index (χ1v) is 7.23. The van der Waals surface area contributed by atoms with Crippen molar-refractivity contribution in [1.29, 1.82) is 0 Å². The van der Waals surface area contributed by atoms with E-state index < -0.39 is 0 Å². The van der Waals surface area contributed by atoms with Gasteiger partial charge in [0.05, 0.1) is 5.39 Å². The molecular weight excluding hydrogens is 297 g/mol. The lowest BCUT2D eigenvalue weighted by Gasteiger charge is -2.07. The third-order valence-corrected chi connectivity index (χ3v) is 3.98. The number of hydrogen-bond donors (Lipinski definition) is 1. The van der Waals surface area contributed by atoms with Crippen LogP contribution in [0.3, 0.4) is 0 Å². The fourth-order valence-corrected chi connectivity index (χ4v) is 3.04. The van der Waals surface area contributed by atoms with Crippen molar-refractivity contribution in [2.75, 3.05) is 5.32 Å². The van der Waals surface area contributed by atoms with Gasteiger partial charge in [-0.3, -0.25) is 0 Å². The summed E-state index contributed by atoms with van der Waals surface area (Å²) in [6.45, 7) is 2.57. The molecule has 2 heterocycles. The molecule has 6 heteroatoms. The van der Waals surface area contributed by atoms with Crippen LogP contribution in [0.1, 0.15) is 10.4 Å². The molecule has 3 nitrogen and oxygen atoms in total. The van der Waals surface area contributed by atoms with Gasteiger partial charge in [-0.05, 0) is 42.3 Å². The maximum absolute atomic E-state index is 12.9. The van der Waals surface area contributed by atoms with E-state index in [1.54, 1.807) is 23.5 Å². The van der Waals surface area contributed by atoms with Crippen molar-refractivity contribution in [2.45, 2.75) is 13.5 Å². The first-order chi connectivity index (χ1) is 9.61. The first-order valence-electron chi connectivity index (χ1n) is 6.04. The Morgan fingerprint density at radius 3 is 2.75 bits per heavy atom. The molecule has 1 aromatic carbocycles. The average Bonchev–Trinajstić information content (AvgIpc) is 2.78. The summed E-state index contributed by atoms with van der Waals surface area (Å²) in [5.41, 5.74) is 0.973. The molecule has 102 valence electrons. The van der Waals surface area contributed by atoms with Gasteiger partial charge in [-0.1, -0.05) is 12.1 Å². The normalized spacial score (nSPS) is 10.9. The van der Waals surface area contributed by atoms with E-state index in [2.05, 4.69) is 15.3 Å². The summed E-state index contributed by atoms with van der Waals surface area (Å²) in [4.78, 5) is 10.4. The quantitative estimate of drug-likeness (QED) is 0.729. The molecule has 2 aromatic heterocycles.